The number of hydrogen-bond acceptors (Lipinski definition) is 2. The maximum Gasteiger partial charge on any atom is 0.240 e. The molecular weight excluding hydrogens is 204 g/mol. The normalized spacial score (nSPS) is 19.0. The van der Waals surface area contributed by atoms with Gasteiger partial charge in [0.05, 0.1) is 6.42 Å². The molecule has 1 aromatic carbocycles. The molecule has 1 unspecified atom stereocenters. The van der Waals surface area contributed by atoms with Crippen LogP contribution in [0.2, 0.25) is 0 Å². The summed E-state index contributed by atoms with van der Waals surface area (Å²) < 4.78 is 0. The van der Waals surface area contributed by atoms with Gasteiger partial charge in [-0.05, 0) is 12.0 Å². The molecule has 1 aliphatic rings. The summed E-state index contributed by atoms with van der Waals surface area (Å²) in [4.78, 5) is 24.4. The summed E-state index contributed by atoms with van der Waals surface area (Å²) >= 11 is 0. The highest BCUT2D eigenvalue weighted by Gasteiger charge is 2.35. The van der Waals surface area contributed by atoms with Crippen molar-refractivity contribution in [2.75, 3.05) is 6.54 Å². The number of primary amides is 1. The summed E-state index contributed by atoms with van der Waals surface area (Å²) in [5.74, 6) is -0.436. The van der Waals surface area contributed by atoms with E-state index in [1.54, 1.807) is 4.90 Å². The van der Waals surface area contributed by atoms with E-state index >= 15 is 0 Å². The molecule has 4 nitrogen and oxygen atoms in total. The standard InChI is InChI=1S/C12H14N2O2/c13-12(16)10-6-7-14(10)11(15)8-9-4-2-1-3-5-9/h1-5,10H,6-8H2,(H2,13,16). The minimum Gasteiger partial charge on any atom is -0.368 e. The average molecular weight is 218 g/mol. The smallest absolute Gasteiger partial charge is 0.240 e. The molecule has 1 heterocycles. The Morgan fingerprint density at radius 1 is 1.31 bits per heavy atom. The van der Waals surface area contributed by atoms with Crippen molar-refractivity contribution in [2.24, 2.45) is 5.73 Å². The molecule has 0 bridgehead atoms. The van der Waals surface area contributed by atoms with Crippen LogP contribution in [-0.4, -0.2) is 29.3 Å². The summed E-state index contributed by atoms with van der Waals surface area (Å²) in [6.45, 7) is 0.638. The summed E-state index contributed by atoms with van der Waals surface area (Å²) in [7, 11) is 0. The average Bonchev–Trinajstić information content (AvgIpc) is 2.16. The molecule has 1 atom stereocenters. The molecule has 0 aromatic heterocycles. The monoisotopic (exact) mass is 218 g/mol. The first-order valence-electron chi connectivity index (χ1n) is 5.31. The second-order valence-electron chi connectivity index (χ2n) is 3.96. The van der Waals surface area contributed by atoms with Crippen molar-refractivity contribution in [3.63, 3.8) is 0 Å². The Morgan fingerprint density at radius 3 is 2.50 bits per heavy atom. The minimum absolute atomic E-state index is 0.0266. The van der Waals surface area contributed by atoms with Crippen molar-refractivity contribution in [3.05, 3.63) is 35.9 Å². The van der Waals surface area contributed by atoms with Gasteiger partial charge in [0.25, 0.3) is 0 Å². The third kappa shape index (κ3) is 2.05. The fourth-order valence-electron chi connectivity index (χ4n) is 1.85. The number of rotatable bonds is 3. The number of carbonyl (C=O) groups is 2. The van der Waals surface area contributed by atoms with Gasteiger partial charge in [-0.1, -0.05) is 30.3 Å². The molecule has 0 radical (unpaired) electrons. The summed E-state index contributed by atoms with van der Waals surface area (Å²) in [5, 5.41) is 0. The second kappa shape index (κ2) is 4.35. The lowest BCUT2D eigenvalue weighted by atomic mass is 10.0. The van der Waals surface area contributed by atoms with Crippen LogP contribution < -0.4 is 5.73 Å². The first kappa shape index (κ1) is 10.7. The van der Waals surface area contributed by atoms with E-state index in [4.69, 9.17) is 5.73 Å². The zero-order valence-electron chi connectivity index (χ0n) is 8.93. The van der Waals surface area contributed by atoms with Gasteiger partial charge in [-0.2, -0.15) is 0 Å². The molecule has 2 rings (SSSR count). The van der Waals surface area contributed by atoms with E-state index in [2.05, 4.69) is 0 Å². The molecule has 0 spiro atoms. The quantitative estimate of drug-likeness (QED) is 0.793. The maximum atomic E-state index is 11.8. The van der Waals surface area contributed by atoms with Gasteiger partial charge in [-0.3, -0.25) is 9.59 Å². The number of carbonyl (C=O) groups excluding carboxylic acids is 2. The summed E-state index contributed by atoms with van der Waals surface area (Å²) in [5.41, 5.74) is 6.15. The van der Waals surface area contributed by atoms with Crippen LogP contribution in [0.5, 0.6) is 0 Å². The van der Waals surface area contributed by atoms with E-state index in [1.807, 2.05) is 30.3 Å². The van der Waals surface area contributed by atoms with Gasteiger partial charge in [0.1, 0.15) is 6.04 Å². The Kier molecular flexibility index (Phi) is 2.90. The van der Waals surface area contributed by atoms with E-state index in [9.17, 15) is 9.59 Å². The molecule has 1 aliphatic heterocycles. The topological polar surface area (TPSA) is 63.4 Å². The number of nitrogens with two attached hydrogens (primary N) is 1. The van der Waals surface area contributed by atoms with Gasteiger partial charge in [0, 0.05) is 6.54 Å². The number of benzene rings is 1. The number of amides is 2. The lowest BCUT2D eigenvalue weighted by Gasteiger charge is -2.38. The molecule has 0 saturated carbocycles. The Hall–Kier alpha value is -1.84. The molecule has 2 N–H and O–H groups in total. The van der Waals surface area contributed by atoms with Crippen molar-refractivity contribution < 1.29 is 9.59 Å². The lowest BCUT2D eigenvalue weighted by molar-refractivity contribution is -0.145. The largest absolute Gasteiger partial charge is 0.368 e. The van der Waals surface area contributed by atoms with Crippen LogP contribution in [0.1, 0.15) is 12.0 Å². The molecule has 4 heteroatoms. The Balaban J connectivity index is 1.97. The molecule has 1 fully saturated rings. The van der Waals surface area contributed by atoms with Gasteiger partial charge >= 0.3 is 0 Å². The molecule has 84 valence electrons. The van der Waals surface area contributed by atoms with E-state index in [1.165, 1.54) is 0 Å². The first-order valence-corrected chi connectivity index (χ1v) is 5.31. The molecular formula is C12H14N2O2. The summed E-state index contributed by atoms with van der Waals surface area (Å²) in [6.07, 6.45) is 1.03. The van der Waals surface area contributed by atoms with E-state index < -0.39 is 11.9 Å². The van der Waals surface area contributed by atoms with Crippen molar-refractivity contribution >= 4 is 11.8 Å². The number of likely N-dealkylation sites (tertiary alicyclic amines) is 1. The lowest BCUT2D eigenvalue weighted by Crippen LogP contribution is -2.57. The van der Waals surface area contributed by atoms with Crippen molar-refractivity contribution in [3.8, 4) is 0 Å². The van der Waals surface area contributed by atoms with Crippen molar-refractivity contribution in [2.45, 2.75) is 18.9 Å². The van der Waals surface area contributed by atoms with Crippen LogP contribution in [0, 0.1) is 0 Å². The number of nitrogens with zero attached hydrogens (tertiary/aromatic N) is 1. The highest BCUT2D eigenvalue weighted by Crippen LogP contribution is 2.18. The predicted octanol–water partition coefficient (Wildman–Crippen LogP) is 0.315. The summed E-state index contributed by atoms with van der Waals surface area (Å²) in [6, 6.07) is 9.10. The van der Waals surface area contributed by atoms with Gasteiger partial charge < -0.3 is 10.6 Å². The fourth-order valence-corrected chi connectivity index (χ4v) is 1.85. The molecule has 2 amide bonds. The highest BCUT2D eigenvalue weighted by atomic mass is 16.2. The van der Waals surface area contributed by atoms with Crippen LogP contribution >= 0.6 is 0 Å². The van der Waals surface area contributed by atoms with Gasteiger partial charge in [0.15, 0.2) is 0 Å². The molecule has 0 aliphatic carbocycles. The van der Waals surface area contributed by atoms with Gasteiger partial charge in [-0.15, -0.1) is 0 Å². The molecule has 16 heavy (non-hydrogen) atoms. The Morgan fingerprint density at radius 2 is 2.00 bits per heavy atom. The van der Waals surface area contributed by atoms with E-state index in [0.717, 1.165) is 5.56 Å². The molecule has 1 saturated heterocycles. The van der Waals surface area contributed by atoms with E-state index in [-0.39, 0.29) is 5.91 Å². The highest BCUT2D eigenvalue weighted by molar-refractivity contribution is 5.89. The van der Waals surface area contributed by atoms with Crippen LogP contribution in [-0.2, 0) is 16.0 Å². The third-order valence-corrected chi connectivity index (χ3v) is 2.87. The fraction of sp³-hybridized carbons (Fsp3) is 0.333. The molecule has 1 aromatic rings. The second-order valence-corrected chi connectivity index (χ2v) is 3.96. The number of hydrogen-bond donors (Lipinski definition) is 1. The van der Waals surface area contributed by atoms with Crippen molar-refractivity contribution in [1.29, 1.82) is 0 Å². The first-order chi connectivity index (χ1) is 7.68. The van der Waals surface area contributed by atoms with Gasteiger partial charge in [0.2, 0.25) is 11.8 Å². The maximum absolute atomic E-state index is 11.8. The zero-order valence-corrected chi connectivity index (χ0v) is 8.93. The minimum atomic E-state index is -0.410. The zero-order chi connectivity index (χ0) is 11.5. The van der Waals surface area contributed by atoms with Crippen LogP contribution in [0.4, 0.5) is 0 Å². The Labute approximate surface area is 94.0 Å². The van der Waals surface area contributed by atoms with E-state index in [0.29, 0.717) is 19.4 Å². The third-order valence-electron chi connectivity index (χ3n) is 2.87. The van der Waals surface area contributed by atoms with Gasteiger partial charge in [-0.25, -0.2) is 0 Å². The van der Waals surface area contributed by atoms with Crippen LogP contribution in [0.3, 0.4) is 0 Å². The van der Waals surface area contributed by atoms with Crippen LogP contribution in [0.25, 0.3) is 0 Å². The van der Waals surface area contributed by atoms with Crippen LogP contribution in [0.15, 0.2) is 30.3 Å². The predicted molar refractivity (Wildman–Crippen MR) is 59.5 cm³/mol. The Bertz CT molecular complexity index is 403. The van der Waals surface area contributed by atoms with Crippen molar-refractivity contribution in [1.82, 2.24) is 4.90 Å². The SMILES string of the molecule is NC(=O)C1CCN1C(=O)Cc1ccccc1.